The summed E-state index contributed by atoms with van der Waals surface area (Å²) in [6.45, 7) is 7.71. The summed E-state index contributed by atoms with van der Waals surface area (Å²) in [5.41, 5.74) is 2.80. The third kappa shape index (κ3) is 4.27. The summed E-state index contributed by atoms with van der Waals surface area (Å²) in [7, 11) is 0. The van der Waals surface area contributed by atoms with E-state index < -0.39 is 6.04 Å². The van der Waals surface area contributed by atoms with E-state index in [1.54, 1.807) is 31.2 Å². The van der Waals surface area contributed by atoms with Gasteiger partial charge in [0.15, 0.2) is 5.78 Å². The first-order valence-corrected chi connectivity index (χ1v) is 9.52. The van der Waals surface area contributed by atoms with Crippen molar-refractivity contribution in [1.82, 2.24) is 0 Å². The molecule has 0 saturated carbocycles. The number of carbonyl (C=O) groups excluding carboxylic acids is 2. The largest absolute Gasteiger partial charge is 0.492 e. The number of ketones is 1. The highest BCUT2D eigenvalue weighted by Crippen LogP contribution is 2.38. The highest BCUT2D eigenvalue weighted by Gasteiger charge is 2.24. The van der Waals surface area contributed by atoms with Crippen LogP contribution >= 0.6 is 0 Å². The van der Waals surface area contributed by atoms with E-state index in [0.717, 1.165) is 17.7 Å². The molecule has 1 aliphatic rings. The van der Waals surface area contributed by atoms with E-state index in [0.29, 0.717) is 29.3 Å². The molecule has 1 aliphatic heterocycles. The number of hydrogen-bond acceptors (Lipinski definition) is 5. The molecule has 28 heavy (non-hydrogen) atoms. The Labute approximate surface area is 165 Å². The Balaban J connectivity index is 1.77. The first kappa shape index (κ1) is 19.7. The van der Waals surface area contributed by atoms with Crippen LogP contribution in [0.4, 0.5) is 11.4 Å². The van der Waals surface area contributed by atoms with Gasteiger partial charge in [0.1, 0.15) is 23.6 Å². The molecule has 0 aliphatic carbocycles. The maximum Gasteiger partial charge on any atom is 0.246 e. The number of Topliss-reactive ketones (excluding diaryl/α,β-unsaturated/α-hetero) is 1. The molecule has 0 saturated heterocycles. The van der Waals surface area contributed by atoms with Gasteiger partial charge in [-0.1, -0.05) is 12.1 Å². The number of ether oxygens (including phenoxy) is 2. The van der Waals surface area contributed by atoms with Crippen molar-refractivity contribution < 1.29 is 19.1 Å². The summed E-state index contributed by atoms with van der Waals surface area (Å²) < 4.78 is 11.6. The van der Waals surface area contributed by atoms with Crippen LogP contribution in [0.5, 0.6) is 11.5 Å². The molecule has 0 spiro atoms. The van der Waals surface area contributed by atoms with Crippen molar-refractivity contribution in [2.75, 3.05) is 17.2 Å². The molecule has 2 unspecified atom stereocenters. The highest BCUT2D eigenvalue weighted by molar-refractivity contribution is 6.05. The SMILES string of the molecule is CCOc1cc2c(cc1NC(C)C(=O)Nc1ccccc1C(C)=O)OC(C)C2. The maximum absolute atomic E-state index is 12.7. The van der Waals surface area contributed by atoms with Gasteiger partial charge in [-0.25, -0.2) is 0 Å². The standard InChI is InChI=1S/C22H26N2O4/c1-5-27-21-11-16-10-13(2)28-20(16)12-19(21)23-14(3)22(26)24-18-9-7-6-8-17(18)15(4)25/h6-9,11-14,23H,5,10H2,1-4H3,(H,24,26). The second-order valence-electron chi connectivity index (χ2n) is 6.98. The van der Waals surface area contributed by atoms with E-state index >= 15 is 0 Å². The number of benzene rings is 2. The minimum atomic E-state index is -0.545. The van der Waals surface area contributed by atoms with Crippen molar-refractivity contribution in [3.63, 3.8) is 0 Å². The molecule has 6 nitrogen and oxygen atoms in total. The Morgan fingerprint density at radius 3 is 2.71 bits per heavy atom. The second kappa shape index (κ2) is 8.33. The molecule has 0 fully saturated rings. The van der Waals surface area contributed by atoms with Gasteiger partial charge in [0.25, 0.3) is 0 Å². The van der Waals surface area contributed by atoms with Crippen molar-refractivity contribution in [2.24, 2.45) is 0 Å². The smallest absolute Gasteiger partial charge is 0.246 e. The zero-order valence-corrected chi connectivity index (χ0v) is 16.7. The Kier molecular flexibility index (Phi) is 5.87. The summed E-state index contributed by atoms with van der Waals surface area (Å²) in [6, 6.07) is 10.3. The van der Waals surface area contributed by atoms with E-state index in [1.807, 2.05) is 26.0 Å². The lowest BCUT2D eigenvalue weighted by Gasteiger charge is -2.19. The van der Waals surface area contributed by atoms with Gasteiger partial charge in [-0.05, 0) is 45.9 Å². The van der Waals surface area contributed by atoms with Gasteiger partial charge >= 0.3 is 0 Å². The molecule has 148 valence electrons. The van der Waals surface area contributed by atoms with Crippen LogP contribution in [-0.2, 0) is 11.2 Å². The normalized spacial score (nSPS) is 15.9. The Hall–Kier alpha value is -3.02. The Morgan fingerprint density at radius 1 is 1.25 bits per heavy atom. The number of anilines is 2. The first-order chi connectivity index (χ1) is 13.4. The Bertz CT molecular complexity index is 894. The summed E-state index contributed by atoms with van der Waals surface area (Å²) in [6.07, 6.45) is 0.969. The topological polar surface area (TPSA) is 76.7 Å². The van der Waals surface area contributed by atoms with Gasteiger partial charge in [-0.15, -0.1) is 0 Å². The summed E-state index contributed by atoms with van der Waals surface area (Å²) in [5.74, 6) is 1.17. The van der Waals surface area contributed by atoms with E-state index in [2.05, 4.69) is 10.6 Å². The minimum absolute atomic E-state index is 0.0972. The number of nitrogens with one attached hydrogen (secondary N) is 2. The third-order valence-corrected chi connectivity index (χ3v) is 4.63. The fourth-order valence-corrected chi connectivity index (χ4v) is 3.27. The van der Waals surface area contributed by atoms with Gasteiger partial charge < -0.3 is 20.1 Å². The molecular weight excluding hydrogens is 356 g/mol. The Morgan fingerprint density at radius 2 is 2.00 bits per heavy atom. The fourth-order valence-electron chi connectivity index (χ4n) is 3.27. The number of amides is 1. The van der Waals surface area contributed by atoms with E-state index in [-0.39, 0.29) is 17.8 Å². The molecule has 3 rings (SSSR count). The zero-order valence-electron chi connectivity index (χ0n) is 16.7. The molecule has 2 aromatic rings. The average molecular weight is 382 g/mol. The molecule has 1 heterocycles. The number of para-hydroxylation sites is 1. The lowest BCUT2D eigenvalue weighted by molar-refractivity contribution is -0.116. The quantitative estimate of drug-likeness (QED) is 0.707. The van der Waals surface area contributed by atoms with Crippen molar-refractivity contribution >= 4 is 23.1 Å². The predicted molar refractivity (Wildman–Crippen MR) is 110 cm³/mol. The van der Waals surface area contributed by atoms with Crippen molar-refractivity contribution in [2.45, 2.75) is 46.3 Å². The van der Waals surface area contributed by atoms with E-state index in [4.69, 9.17) is 9.47 Å². The summed E-state index contributed by atoms with van der Waals surface area (Å²) >= 11 is 0. The van der Waals surface area contributed by atoms with Crippen molar-refractivity contribution in [3.05, 3.63) is 47.5 Å². The number of fused-ring (bicyclic) bond motifs is 1. The van der Waals surface area contributed by atoms with Crippen LogP contribution in [-0.4, -0.2) is 30.4 Å². The predicted octanol–water partition coefficient (Wildman–Crippen LogP) is 4.05. The van der Waals surface area contributed by atoms with Crippen molar-refractivity contribution in [1.29, 1.82) is 0 Å². The lowest BCUT2D eigenvalue weighted by Crippen LogP contribution is -2.32. The number of rotatable bonds is 7. The lowest BCUT2D eigenvalue weighted by atomic mass is 10.1. The first-order valence-electron chi connectivity index (χ1n) is 9.52. The van der Waals surface area contributed by atoms with Crippen LogP contribution < -0.4 is 20.1 Å². The molecule has 2 aromatic carbocycles. The molecule has 2 N–H and O–H groups in total. The van der Waals surface area contributed by atoms with Gasteiger partial charge in [-0.2, -0.15) is 0 Å². The van der Waals surface area contributed by atoms with Gasteiger partial charge in [0, 0.05) is 23.6 Å². The van der Waals surface area contributed by atoms with Crippen molar-refractivity contribution in [3.8, 4) is 11.5 Å². The van der Waals surface area contributed by atoms with E-state index in [9.17, 15) is 9.59 Å². The molecule has 6 heteroatoms. The highest BCUT2D eigenvalue weighted by atomic mass is 16.5. The van der Waals surface area contributed by atoms with E-state index in [1.165, 1.54) is 6.92 Å². The average Bonchev–Trinajstić information content (AvgIpc) is 3.01. The molecule has 2 atom stereocenters. The molecule has 1 amide bonds. The maximum atomic E-state index is 12.7. The fraction of sp³-hybridized carbons (Fsp3) is 0.364. The van der Waals surface area contributed by atoms with Gasteiger partial charge in [-0.3, -0.25) is 9.59 Å². The third-order valence-electron chi connectivity index (χ3n) is 4.63. The minimum Gasteiger partial charge on any atom is -0.492 e. The zero-order chi connectivity index (χ0) is 20.3. The molecular formula is C22H26N2O4. The van der Waals surface area contributed by atoms with Crippen LogP contribution in [0, 0.1) is 0 Å². The second-order valence-corrected chi connectivity index (χ2v) is 6.98. The summed E-state index contributed by atoms with van der Waals surface area (Å²) in [4.78, 5) is 24.5. The van der Waals surface area contributed by atoms with Crippen LogP contribution in [0.25, 0.3) is 0 Å². The number of hydrogen-bond donors (Lipinski definition) is 2. The summed E-state index contributed by atoms with van der Waals surface area (Å²) in [5, 5.41) is 6.03. The molecule has 0 aromatic heterocycles. The molecule has 0 bridgehead atoms. The van der Waals surface area contributed by atoms with Crippen LogP contribution in [0.3, 0.4) is 0 Å². The van der Waals surface area contributed by atoms with Crippen LogP contribution in [0.15, 0.2) is 36.4 Å². The van der Waals surface area contributed by atoms with Crippen LogP contribution in [0.2, 0.25) is 0 Å². The van der Waals surface area contributed by atoms with Gasteiger partial charge in [0.05, 0.1) is 18.0 Å². The monoisotopic (exact) mass is 382 g/mol. The molecule has 0 radical (unpaired) electrons. The number of carbonyl (C=O) groups is 2. The van der Waals surface area contributed by atoms with Crippen LogP contribution in [0.1, 0.15) is 43.6 Å². The van der Waals surface area contributed by atoms with Gasteiger partial charge in [0.2, 0.25) is 5.91 Å².